The lowest BCUT2D eigenvalue weighted by atomic mass is 10.1. The SMILES string of the molecule is CC(=O)N1CCc2cc(C(=O)NC(C)CCC(=O)O)ccc21. The van der Waals surface area contributed by atoms with Gasteiger partial charge in [0, 0.05) is 37.2 Å². The predicted molar refractivity (Wildman–Crippen MR) is 82.0 cm³/mol. The molecule has 0 fully saturated rings. The molecule has 1 aliphatic heterocycles. The molecule has 1 aliphatic rings. The number of nitrogens with zero attached hydrogens (tertiary/aromatic N) is 1. The molecule has 0 aliphatic carbocycles. The lowest BCUT2D eigenvalue weighted by molar-refractivity contribution is -0.137. The van der Waals surface area contributed by atoms with Crippen molar-refractivity contribution in [2.24, 2.45) is 0 Å². The van der Waals surface area contributed by atoms with E-state index >= 15 is 0 Å². The van der Waals surface area contributed by atoms with Gasteiger partial charge in [-0.3, -0.25) is 14.4 Å². The third-order valence-corrected chi connectivity index (χ3v) is 3.79. The van der Waals surface area contributed by atoms with Gasteiger partial charge in [0.15, 0.2) is 0 Å². The van der Waals surface area contributed by atoms with Gasteiger partial charge in [-0.15, -0.1) is 0 Å². The van der Waals surface area contributed by atoms with E-state index in [4.69, 9.17) is 5.11 Å². The Hall–Kier alpha value is -2.37. The summed E-state index contributed by atoms with van der Waals surface area (Å²) in [6.07, 6.45) is 1.16. The lowest BCUT2D eigenvalue weighted by Gasteiger charge is -2.16. The summed E-state index contributed by atoms with van der Waals surface area (Å²) >= 11 is 0. The largest absolute Gasteiger partial charge is 0.481 e. The molecule has 1 aromatic rings. The van der Waals surface area contributed by atoms with E-state index in [1.165, 1.54) is 6.92 Å². The monoisotopic (exact) mass is 304 g/mol. The number of amides is 2. The van der Waals surface area contributed by atoms with E-state index in [1.54, 1.807) is 30.0 Å². The Morgan fingerprint density at radius 1 is 1.36 bits per heavy atom. The summed E-state index contributed by atoms with van der Waals surface area (Å²) in [5, 5.41) is 11.4. The molecule has 0 aromatic heterocycles. The third kappa shape index (κ3) is 3.63. The average Bonchev–Trinajstić information content (AvgIpc) is 2.88. The Kier molecular flexibility index (Phi) is 4.80. The molecule has 6 heteroatoms. The number of benzene rings is 1. The third-order valence-electron chi connectivity index (χ3n) is 3.79. The van der Waals surface area contributed by atoms with Crippen molar-refractivity contribution in [1.82, 2.24) is 5.32 Å². The number of nitrogens with one attached hydrogen (secondary N) is 1. The van der Waals surface area contributed by atoms with Crippen molar-refractivity contribution in [3.05, 3.63) is 29.3 Å². The van der Waals surface area contributed by atoms with Gasteiger partial charge < -0.3 is 15.3 Å². The number of fused-ring (bicyclic) bond motifs is 1. The molecule has 1 aromatic carbocycles. The first-order valence-corrected chi connectivity index (χ1v) is 7.32. The maximum Gasteiger partial charge on any atom is 0.303 e. The van der Waals surface area contributed by atoms with Crippen LogP contribution in [0.25, 0.3) is 0 Å². The van der Waals surface area contributed by atoms with Gasteiger partial charge in [-0.2, -0.15) is 0 Å². The molecule has 0 bridgehead atoms. The summed E-state index contributed by atoms with van der Waals surface area (Å²) in [4.78, 5) is 35.9. The van der Waals surface area contributed by atoms with Crippen LogP contribution in [0.4, 0.5) is 5.69 Å². The van der Waals surface area contributed by atoms with Gasteiger partial charge in [0.25, 0.3) is 5.91 Å². The van der Waals surface area contributed by atoms with E-state index in [9.17, 15) is 14.4 Å². The number of aliphatic carboxylic acids is 1. The molecule has 6 nitrogen and oxygen atoms in total. The van der Waals surface area contributed by atoms with Crippen molar-refractivity contribution >= 4 is 23.5 Å². The average molecular weight is 304 g/mol. The highest BCUT2D eigenvalue weighted by Gasteiger charge is 2.23. The number of carboxylic acid groups (broad SMARTS) is 1. The number of rotatable bonds is 5. The van der Waals surface area contributed by atoms with Crippen LogP contribution in [-0.2, 0) is 16.0 Å². The summed E-state index contributed by atoms with van der Waals surface area (Å²) in [7, 11) is 0. The van der Waals surface area contributed by atoms with Crippen LogP contribution in [0.5, 0.6) is 0 Å². The van der Waals surface area contributed by atoms with Crippen LogP contribution >= 0.6 is 0 Å². The first-order valence-electron chi connectivity index (χ1n) is 7.32. The first-order chi connectivity index (χ1) is 10.4. The molecule has 0 radical (unpaired) electrons. The fourth-order valence-corrected chi connectivity index (χ4v) is 2.59. The Balaban J connectivity index is 2.03. The minimum absolute atomic E-state index is 0.00163. The van der Waals surface area contributed by atoms with Gasteiger partial charge in [-0.25, -0.2) is 0 Å². The molecule has 2 rings (SSSR count). The van der Waals surface area contributed by atoms with E-state index in [0.29, 0.717) is 18.5 Å². The Morgan fingerprint density at radius 2 is 2.09 bits per heavy atom. The van der Waals surface area contributed by atoms with Crippen molar-refractivity contribution in [3.63, 3.8) is 0 Å². The number of anilines is 1. The standard InChI is InChI=1S/C16H20N2O4/c1-10(3-6-15(20)21)17-16(22)13-4-5-14-12(9-13)7-8-18(14)11(2)19/h4-5,9-10H,3,6-8H2,1-2H3,(H,17,22)(H,20,21). The van der Waals surface area contributed by atoms with Crippen molar-refractivity contribution < 1.29 is 19.5 Å². The van der Waals surface area contributed by atoms with E-state index in [-0.39, 0.29) is 24.3 Å². The molecule has 2 N–H and O–H groups in total. The van der Waals surface area contributed by atoms with E-state index < -0.39 is 5.97 Å². The molecule has 22 heavy (non-hydrogen) atoms. The van der Waals surface area contributed by atoms with Crippen molar-refractivity contribution in [1.29, 1.82) is 0 Å². The van der Waals surface area contributed by atoms with Gasteiger partial charge in [-0.1, -0.05) is 0 Å². The highest BCUT2D eigenvalue weighted by atomic mass is 16.4. The highest BCUT2D eigenvalue weighted by molar-refractivity contribution is 5.98. The Labute approximate surface area is 129 Å². The fraction of sp³-hybridized carbons (Fsp3) is 0.438. The van der Waals surface area contributed by atoms with Crippen LogP contribution in [0.1, 0.15) is 42.6 Å². The summed E-state index contributed by atoms with van der Waals surface area (Å²) in [5.41, 5.74) is 2.38. The quantitative estimate of drug-likeness (QED) is 0.864. The Bertz CT molecular complexity index is 612. The number of carboxylic acids is 1. The zero-order valence-electron chi connectivity index (χ0n) is 12.8. The van der Waals surface area contributed by atoms with Crippen LogP contribution in [0.3, 0.4) is 0 Å². The minimum atomic E-state index is -0.872. The molecule has 0 saturated carbocycles. The van der Waals surface area contributed by atoms with Crippen LogP contribution in [0.15, 0.2) is 18.2 Å². The molecule has 1 heterocycles. The van der Waals surface area contributed by atoms with Crippen LogP contribution < -0.4 is 10.2 Å². The molecular weight excluding hydrogens is 284 g/mol. The van der Waals surface area contributed by atoms with Gasteiger partial charge in [0.05, 0.1) is 0 Å². The van der Waals surface area contributed by atoms with E-state index in [2.05, 4.69) is 5.32 Å². The Morgan fingerprint density at radius 3 is 2.73 bits per heavy atom. The molecule has 1 atom stereocenters. The molecule has 0 spiro atoms. The summed E-state index contributed by atoms with van der Waals surface area (Å²) < 4.78 is 0. The van der Waals surface area contributed by atoms with Crippen LogP contribution in [0, 0.1) is 0 Å². The second-order valence-electron chi connectivity index (χ2n) is 5.57. The molecule has 1 unspecified atom stereocenters. The summed E-state index contributed by atoms with van der Waals surface area (Å²) in [5.74, 6) is -1.09. The number of hydrogen-bond donors (Lipinski definition) is 2. The predicted octanol–water partition coefficient (Wildman–Crippen LogP) is 1.58. The maximum atomic E-state index is 12.2. The zero-order valence-corrected chi connectivity index (χ0v) is 12.8. The molecule has 118 valence electrons. The minimum Gasteiger partial charge on any atom is -0.481 e. The second kappa shape index (κ2) is 6.60. The van der Waals surface area contributed by atoms with Gasteiger partial charge >= 0.3 is 5.97 Å². The van der Waals surface area contributed by atoms with E-state index in [0.717, 1.165) is 17.7 Å². The smallest absolute Gasteiger partial charge is 0.303 e. The highest BCUT2D eigenvalue weighted by Crippen LogP contribution is 2.28. The summed E-state index contributed by atoms with van der Waals surface area (Å²) in [6.45, 7) is 3.95. The molecular formula is C16H20N2O4. The van der Waals surface area contributed by atoms with Gasteiger partial charge in [0.2, 0.25) is 5.91 Å². The van der Waals surface area contributed by atoms with Crippen molar-refractivity contribution in [2.45, 2.75) is 39.2 Å². The van der Waals surface area contributed by atoms with Crippen molar-refractivity contribution in [2.75, 3.05) is 11.4 Å². The first kappa shape index (κ1) is 16.0. The number of carbonyl (C=O) groups excluding carboxylic acids is 2. The summed E-state index contributed by atoms with van der Waals surface area (Å²) in [6, 6.07) is 5.09. The van der Waals surface area contributed by atoms with Gasteiger partial charge in [-0.05, 0) is 43.5 Å². The molecule has 2 amide bonds. The second-order valence-corrected chi connectivity index (χ2v) is 5.57. The van der Waals surface area contributed by atoms with Crippen molar-refractivity contribution in [3.8, 4) is 0 Å². The lowest BCUT2D eigenvalue weighted by Crippen LogP contribution is -2.33. The number of hydrogen-bond acceptors (Lipinski definition) is 3. The fourth-order valence-electron chi connectivity index (χ4n) is 2.59. The van der Waals surface area contributed by atoms with E-state index in [1.807, 2.05) is 0 Å². The van der Waals surface area contributed by atoms with Crippen LogP contribution in [0.2, 0.25) is 0 Å². The normalized spacial score (nSPS) is 14.4. The van der Waals surface area contributed by atoms with Crippen LogP contribution in [-0.4, -0.2) is 35.5 Å². The topological polar surface area (TPSA) is 86.7 Å². The zero-order chi connectivity index (χ0) is 16.3. The number of carbonyl (C=O) groups is 3. The van der Waals surface area contributed by atoms with Gasteiger partial charge in [0.1, 0.15) is 0 Å². The maximum absolute atomic E-state index is 12.2. The molecule has 0 saturated heterocycles.